The number of methoxy groups -OCH3 is 1. The zero-order valence-corrected chi connectivity index (χ0v) is 15.4. The molecule has 27 heavy (non-hydrogen) atoms. The maximum atomic E-state index is 13.3. The quantitative estimate of drug-likeness (QED) is 0.558. The van der Waals surface area contributed by atoms with Gasteiger partial charge in [-0.3, -0.25) is 4.79 Å². The topological polar surface area (TPSA) is 73.9 Å². The molecule has 2 aromatic rings. The maximum absolute atomic E-state index is 13.3. The minimum absolute atomic E-state index is 0.127. The molecule has 142 valence electrons. The Balaban J connectivity index is 2.12. The second-order valence-electron chi connectivity index (χ2n) is 5.81. The highest BCUT2D eigenvalue weighted by Crippen LogP contribution is 2.08. The van der Waals surface area contributed by atoms with Crippen molar-refractivity contribution in [3.63, 3.8) is 0 Å². The first-order valence-electron chi connectivity index (χ1n) is 8.27. The smallest absolute Gasteiger partial charge is 0.467 e. The lowest BCUT2D eigenvalue weighted by atomic mass is 9.78. The van der Waals surface area contributed by atoms with E-state index in [1.807, 2.05) is 24.3 Å². The van der Waals surface area contributed by atoms with Crippen LogP contribution in [0.4, 0.5) is 4.39 Å². The summed E-state index contributed by atoms with van der Waals surface area (Å²) in [5, 5.41) is 2.59. The summed E-state index contributed by atoms with van der Waals surface area (Å²) in [5.41, 5.74) is 1.75. The van der Waals surface area contributed by atoms with Gasteiger partial charge in [-0.05, 0) is 29.2 Å². The third kappa shape index (κ3) is 5.64. The molecule has 0 saturated carbocycles. The lowest BCUT2D eigenvalue weighted by Gasteiger charge is -2.17. The highest BCUT2D eigenvalue weighted by Gasteiger charge is 2.23. The minimum atomic E-state index is -0.905. The number of hydrogen-bond acceptors (Lipinski definition) is 5. The summed E-state index contributed by atoms with van der Waals surface area (Å²) in [6.07, 6.45) is 0.221. The Bertz CT molecular complexity index is 780. The van der Waals surface area contributed by atoms with Gasteiger partial charge in [-0.15, -0.1) is 0 Å². The van der Waals surface area contributed by atoms with Gasteiger partial charge in [0.15, 0.2) is 0 Å². The summed E-state index contributed by atoms with van der Waals surface area (Å²) >= 11 is 0. The Labute approximate surface area is 157 Å². The molecule has 0 aromatic heterocycles. The van der Waals surface area contributed by atoms with Gasteiger partial charge in [-0.2, -0.15) is 0 Å². The third-order valence-electron chi connectivity index (χ3n) is 4.00. The monoisotopic (exact) mass is 373 g/mol. The number of hydrogen-bond donors (Lipinski definition) is 1. The molecule has 6 nitrogen and oxygen atoms in total. The molecular formula is C19H21BFNO5. The Morgan fingerprint density at radius 3 is 2.30 bits per heavy atom. The summed E-state index contributed by atoms with van der Waals surface area (Å²) in [6.45, 7) is 0. The predicted molar refractivity (Wildman–Crippen MR) is 99.2 cm³/mol. The molecule has 0 heterocycles. The second kappa shape index (κ2) is 9.84. The first-order chi connectivity index (χ1) is 13.0. The van der Waals surface area contributed by atoms with Gasteiger partial charge in [0.05, 0.1) is 7.11 Å². The molecule has 1 N–H and O–H groups in total. The number of rotatable bonds is 8. The molecule has 2 aromatic carbocycles. The van der Waals surface area contributed by atoms with E-state index >= 15 is 0 Å². The largest absolute Gasteiger partial charge is 0.493 e. The number of amides is 1. The number of nitrogens with one attached hydrogen (secondary N) is 1. The number of ether oxygens (including phenoxy) is 1. The number of halogens is 1. The van der Waals surface area contributed by atoms with Crippen molar-refractivity contribution in [1.82, 2.24) is 5.32 Å². The first kappa shape index (κ1) is 20.6. The summed E-state index contributed by atoms with van der Waals surface area (Å²) in [7, 11) is 3.84. The van der Waals surface area contributed by atoms with Crippen LogP contribution >= 0.6 is 0 Å². The van der Waals surface area contributed by atoms with Crippen LogP contribution in [0, 0.1) is 5.82 Å². The Kier molecular flexibility index (Phi) is 7.51. The zero-order valence-electron chi connectivity index (χ0n) is 15.4. The van der Waals surface area contributed by atoms with Crippen LogP contribution in [0.1, 0.15) is 15.9 Å². The fourth-order valence-corrected chi connectivity index (χ4v) is 2.62. The molecule has 0 unspecified atom stereocenters. The highest BCUT2D eigenvalue weighted by atomic mass is 19.1. The van der Waals surface area contributed by atoms with Gasteiger partial charge in [-0.1, -0.05) is 30.3 Å². The first-order valence-corrected chi connectivity index (χ1v) is 8.27. The molecule has 1 amide bonds. The van der Waals surface area contributed by atoms with Crippen molar-refractivity contribution in [2.24, 2.45) is 0 Å². The Morgan fingerprint density at radius 2 is 1.74 bits per heavy atom. The van der Waals surface area contributed by atoms with Gasteiger partial charge in [-0.25, -0.2) is 9.18 Å². The number of esters is 1. The Morgan fingerprint density at radius 1 is 1.07 bits per heavy atom. The molecule has 1 atom stereocenters. The summed E-state index contributed by atoms with van der Waals surface area (Å²) in [5.74, 6) is -1.67. The lowest BCUT2D eigenvalue weighted by molar-refractivity contribution is -0.142. The number of benzene rings is 2. The third-order valence-corrected chi connectivity index (χ3v) is 4.00. The van der Waals surface area contributed by atoms with Crippen LogP contribution in [0.25, 0.3) is 0 Å². The molecule has 2 rings (SSSR count). The van der Waals surface area contributed by atoms with E-state index in [4.69, 9.17) is 14.0 Å². The standard InChI is InChI=1S/C19H21BFNO5/c1-25-19(24)17(22-18(23)14-5-4-6-16(21)12-14)11-13-7-9-15(10-8-13)20(26-2)27-3/h4-10,12,17H,11H2,1-3H3,(H,22,23)/t17-/m0/s1. The van der Waals surface area contributed by atoms with Crippen LogP contribution in [-0.2, 0) is 25.3 Å². The van der Waals surface area contributed by atoms with Crippen molar-refractivity contribution in [2.75, 3.05) is 21.3 Å². The van der Waals surface area contributed by atoms with E-state index in [-0.39, 0.29) is 12.0 Å². The van der Waals surface area contributed by atoms with Crippen molar-refractivity contribution in [2.45, 2.75) is 12.5 Å². The van der Waals surface area contributed by atoms with Crippen molar-refractivity contribution in [1.29, 1.82) is 0 Å². The molecule has 0 spiro atoms. The average molecular weight is 373 g/mol. The Hall–Kier alpha value is -2.71. The maximum Gasteiger partial charge on any atom is 0.493 e. The molecular weight excluding hydrogens is 352 g/mol. The van der Waals surface area contributed by atoms with Crippen molar-refractivity contribution in [3.05, 3.63) is 65.5 Å². The van der Waals surface area contributed by atoms with Crippen LogP contribution in [0.3, 0.4) is 0 Å². The number of carbonyl (C=O) groups excluding carboxylic acids is 2. The molecule has 8 heteroatoms. The van der Waals surface area contributed by atoms with E-state index in [1.165, 1.54) is 39.5 Å². The molecule has 0 fully saturated rings. The van der Waals surface area contributed by atoms with Gasteiger partial charge in [0.2, 0.25) is 0 Å². The van der Waals surface area contributed by atoms with E-state index in [0.717, 1.165) is 17.1 Å². The van der Waals surface area contributed by atoms with E-state index in [2.05, 4.69) is 5.32 Å². The number of carbonyl (C=O) groups is 2. The van der Waals surface area contributed by atoms with Crippen molar-refractivity contribution < 1.29 is 28.0 Å². The minimum Gasteiger partial charge on any atom is -0.467 e. The zero-order chi connectivity index (χ0) is 19.8. The van der Waals surface area contributed by atoms with Gasteiger partial charge in [0, 0.05) is 26.2 Å². The van der Waals surface area contributed by atoms with Crippen LogP contribution in [0.15, 0.2) is 48.5 Å². The lowest BCUT2D eigenvalue weighted by Crippen LogP contribution is -2.43. The fourth-order valence-electron chi connectivity index (χ4n) is 2.62. The highest BCUT2D eigenvalue weighted by molar-refractivity contribution is 6.61. The molecule has 0 radical (unpaired) electrons. The molecule has 0 aliphatic rings. The normalized spacial score (nSPS) is 11.6. The van der Waals surface area contributed by atoms with E-state index in [1.54, 1.807) is 0 Å². The molecule has 0 saturated heterocycles. The van der Waals surface area contributed by atoms with Gasteiger partial charge in [0.1, 0.15) is 11.9 Å². The van der Waals surface area contributed by atoms with E-state index < -0.39 is 30.9 Å². The SMILES string of the molecule is COB(OC)c1ccc(C[C@H](NC(=O)c2cccc(F)c2)C(=O)OC)cc1. The molecule has 0 aliphatic carbocycles. The van der Waals surface area contributed by atoms with Crippen molar-refractivity contribution in [3.8, 4) is 0 Å². The van der Waals surface area contributed by atoms with E-state index in [9.17, 15) is 14.0 Å². The summed E-state index contributed by atoms with van der Waals surface area (Å²) in [4.78, 5) is 24.4. The molecule has 0 bridgehead atoms. The van der Waals surface area contributed by atoms with E-state index in [0.29, 0.717) is 0 Å². The van der Waals surface area contributed by atoms with Gasteiger partial charge >= 0.3 is 13.1 Å². The van der Waals surface area contributed by atoms with Gasteiger partial charge < -0.3 is 19.4 Å². The van der Waals surface area contributed by atoms with Crippen molar-refractivity contribution >= 4 is 24.5 Å². The average Bonchev–Trinajstić information content (AvgIpc) is 2.69. The fraction of sp³-hybridized carbons (Fsp3) is 0.263. The van der Waals surface area contributed by atoms with Crippen LogP contribution in [0.5, 0.6) is 0 Å². The second-order valence-corrected chi connectivity index (χ2v) is 5.81. The van der Waals surface area contributed by atoms with Crippen LogP contribution in [-0.4, -0.2) is 46.4 Å². The summed E-state index contributed by atoms with van der Waals surface area (Å²) in [6, 6.07) is 11.6. The van der Waals surface area contributed by atoms with Crippen LogP contribution in [0.2, 0.25) is 0 Å². The predicted octanol–water partition coefficient (Wildman–Crippen LogP) is 1.33. The summed E-state index contributed by atoms with van der Waals surface area (Å²) < 4.78 is 28.5. The molecule has 0 aliphatic heterocycles. The van der Waals surface area contributed by atoms with Gasteiger partial charge in [0.25, 0.3) is 5.91 Å². The van der Waals surface area contributed by atoms with Crippen LogP contribution < -0.4 is 10.8 Å².